The number of nitro groups is 1. The first-order valence-electron chi connectivity index (χ1n) is 8.55. The van der Waals surface area contributed by atoms with Crippen LogP contribution in [0.5, 0.6) is 0 Å². The molecule has 9 heteroatoms. The number of anilines is 1. The van der Waals surface area contributed by atoms with Gasteiger partial charge in [-0.1, -0.05) is 0 Å². The number of nitrogens with zero attached hydrogens (tertiary/aromatic N) is 4. The molecule has 0 N–H and O–H groups in total. The average Bonchev–Trinajstić information content (AvgIpc) is 3.10. The Hall–Kier alpha value is -2.42. The van der Waals surface area contributed by atoms with Crippen LogP contribution in [0.3, 0.4) is 0 Å². The van der Waals surface area contributed by atoms with Gasteiger partial charge in [0.05, 0.1) is 21.7 Å². The molecule has 1 aromatic carbocycles. The molecule has 0 aliphatic carbocycles. The van der Waals surface area contributed by atoms with Crippen LogP contribution in [-0.4, -0.2) is 42.5 Å². The fourth-order valence-electron chi connectivity index (χ4n) is 3.39. The molecule has 8 nitrogen and oxygen atoms in total. The third-order valence-corrected chi connectivity index (χ3v) is 5.96. The van der Waals surface area contributed by atoms with Gasteiger partial charge in [-0.2, -0.15) is 5.10 Å². The second-order valence-corrected chi connectivity index (χ2v) is 8.56. The zero-order valence-electron chi connectivity index (χ0n) is 14.8. The molecular weight excluding hydrogens is 356 g/mol. The summed E-state index contributed by atoms with van der Waals surface area (Å²) >= 11 is 0. The largest absolute Gasteiger partial charge is 0.370 e. The molecule has 2 aromatic rings. The number of benzene rings is 1. The number of nitro benzene ring substituents is 1. The van der Waals surface area contributed by atoms with Crippen LogP contribution in [-0.2, 0) is 16.4 Å². The van der Waals surface area contributed by atoms with Gasteiger partial charge in [0.2, 0.25) is 0 Å². The molecule has 0 amide bonds. The van der Waals surface area contributed by atoms with E-state index in [0.29, 0.717) is 24.7 Å². The number of hydrogen-bond acceptors (Lipinski definition) is 6. The quantitative estimate of drug-likeness (QED) is 0.586. The van der Waals surface area contributed by atoms with Crippen molar-refractivity contribution in [3.8, 4) is 0 Å². The summed E-state index contributed by atoms with van der Waals surface area (Å²) in [6.45, 7) is 4.27. The van der Waals surface area contributed by atoms with E-state index >= 15 is 0 Å². The lowest BCUT2D eigenvalue weighted by atomic mass is 9.91. The van der Waals surface area contributed by atoms with E-state index in [2.05, 4.69) is 11.3 Å². The Morgan fingerprint density at radius 3 is 2.54 bits per heavy atom. The fourth-order valence-corrected chi connectivity index (χ4v) is 4.30. The van der Waals surface area contributed by atoms with Crippen molar-refractivity contribution in [2.24, 2.45) is 0 Å². The van der Waals surface area contributed by atoms with Gasteiger partial charge in [0.1, 0.15) is 0 Å². The number of piperidine rings is 1. The Kier molecular flexibility index (Phi) is 4.99. The van der Waals surface area contributed by atoms with Crippen LogP contribution < -0.4 is 4.90 Å². The van der Waals surface area contributed by atoms with E-state index in [0.717, 1.165) is 31.7 Å². The first-order valence-corrected chi connectivity index (χ1v) is 10.4. The number of rotatable bonds is 5. The SMILES string of the molecule is CCn1cc(C2CCN(c3ccc([N+](=O)[O-])cc3S(C)(=O)=O)CC2)cn1. The normalized spacial score (nSPS) is 16.0. The minimum absolute atomic E-state index is 0.0175. The van der Waals surface area contributed by atoms with Gasteiger partial charge < -0.3 is 4.90 Å². The average molecular weight is 378 g/mol. The zero-order valence-corrected chi connectivity index (χ0v) is 15.6. The van der Waals surface area contributed by atoms with Crippen molar-refractivity contribution >= 4 is 21.2 Å². The summed E-state index contributed by atoms with van der Waals surface area (Å²) in [7, 11) is -3.56. The summed E-state index contributed by atoms with van der Waals surface area (Å²) in [5.74, 6) is 0.395. The van der Waals surface area contributed by atoms with Crippen molar-refractivity contribution < 1.29 is 13.3 Å². The highest BCUT2D eigenvalue weighted by Crippen LogP contribution is 2.34. The highest BCUT2D eigenvalue weighted by atomic mass is 32.2. The van der Waals surface area contributed by atoms with Crippen molar-refractivity contribution in [2.45, 2.75) is 37.1 Å². The lowest BCUT2D eigenvalue weighted by molar-refractivity contribution is -0.385. The first kappa shape index (κ1) is 18.4. The number of aryl methyl sites for hydroxylation is 1. The van der Waals surface area contributed by atoms with E-state index in [1.165, 1.54) is 11.6 Å². The van der Waals surface area contributed by atoms with E-state index in [1.54, 1.807) is 6.07 Å². The van der Waals surface area contributed by atoms with Crippen LogP contribution in [0.15, 0.2) is 35.5 Å². The maximum absolute atomic E-state index is 12.1. The summed E-state index contributed by atoms with van der Waals surface area (Å²) in [6, 6.07) is 4.06. The number of sulfone groups is 1. The minimum atomic E-state index is -3.56. The fraction of sp³-hybridized carbons (Fsp3) is 0.471. The summed E-state index contributed by atoms with van der Waals surface area (Å²) in [4.78, 5) is 12.4. The molecule has 0 spiro atoms. The standard InChI is InChI=1S/C17H22N4O4S/c1-3-20-12-14(11-18-20)13-6-8-19(9-7-13)16-5-4-15(21(22)23)10-17(16)26(2,24)25/h4-5,10-13H,3,6-9H2,1-2H3. The van der Waals surface area contributed by atoms with Gasteiger partial charge in [-0.15, -0.1) is 0 Å². The summed E-state index contributed by atoms with van der Waals surface area (Å²) < 4.78 is 26.2. The predicted molar refractivity (Wildman–Crippen MR) is 98.3 cm³/mol. The molecule has 1 saturated heterocycles. The third kappa shape index (κ3) is 3.72. The van der Waals surface area contributed by atoms with Crippen LogP contribution in [0.2, 0.25) is 0 Å². The Labute approximate surface area is 152 Å². The summed E-state index contributed by atoms with van der Waals surface area (Å²) in [5, 5.41) is 15.3. The van der Waals surface area contributed by atoms with Crippen LogP contribution in [0.25, 0.3) is 0 Å². The number of aromatic nitrogens is 2. The van der Waals surface area contributed by atoms with E-state index < -0.39 is 14.8 Å². The minimum Gasteiger partial charge on any atom is -0.370 e. The number of non-ortho nitro benzene ring substituents is 1. The lowest BCUT2D eigenvalue weighted by Gasteiger charge is -2.34. The van der Waals surface area contributed by atoms with E-state index in [9.17, 15) is 18.5 Å². The van der Waals surface area contributed by atoms with E-state index in [1.807, 2.05) is 22.7 Å². The Bertz CT molecular complexity index is 915. The molecule has 2 heterocycles. The van der Waals surface area contributed by atoms with Gasteiger partial charge in [-0.25, -0.2) is 8.42 Å². The van der Waals surface area contributed by atoms with Gasteiger partial charge in [0.25, 0.3) is 5.69 Å². The van der Waals surface area contributed by atoms with Crippen LogP contribution in [0.4, 0.5) is 11.4 Å². The molecular formula is C17H22N4O4S. The van der Waals surface area contributed by atoms with E-state index in [-0.39, 0.29) is 10.6 Å². The molecule has 0 radical (unpaired) electrons. The van der Waals surface area contributed by atoms with Crippen molar-refractivity contribution in [3.05, 3.63) is 46.3 Å². The highest BCUT2D eigenvalue weighted by molar-refractivity contribution is 7.90. The molecule has 1 aliphatic rings. The summed E-state index contributed by atoms with van der Waals surface area (Å²) in [6.07, 6.45) is 6.82. The van der Waals surface area contributed by atoms with E-state index in [4.69, 9.17) is 0 Å². The molecule has 0 saturated carbocycles. The lowest BCUT2D eigenvalue weighted by Crippen LogP contribution is -2.33. The van der Waals surface area contributed by atoms with Crippen LogP contribution in [0.1, 0.15) is 31.2 Å². The molecule has 0 atom stereocenters. The van der Waals surface area contributed by atoms with Gasteiger partial charge in [-0.05, 0) is 37.3 Å². The topological polar surface area (TPSA) is 98.3 Å². The zero-order chi connectivity index (χ0) is 18.9. The molecule has 3 rings (SSSR count). The predicted octanol–water partition coefficient (Wildman–Crippen LogP) is 2.60. The van der Waals surface area contributed by atoms with Crippen LogP contribution >= 0.6 is 0 Å². The highest BCUT2D eigenvalue weighted by Gasteiger charge is 2.26. The second kappa shape index (κ2) is 7.06. The smallest absolute Gasteiger partial charge is 0.270 e. The van der Waals surface area contributed by atoms with Crippen molar-refractivity contribution in [1.29, 1.82) is 0 Å². The van der Waals surface area contributed by atoms with Gasteiger partial charge in [-0.3, -0.25) is 14.8 Å². The monoisotopic (exact) mass is 378 g/mol. The van der Waals surface area contributed by atoms with Crippen molar-refractivity contribution in [2.75, 3.05) is 24.2 Å². The number of hydrogen-bond donors (Lipinski definition) is 0. The molecule has 0 bridgehead atoms. The molecule has 1 aromatic heterocycles. The Morgan fingerprint density at radius 1 is 1.31 bits per heavy atom. The van der Waals surface area contributed by atoms with Gasteiger partial charge in [0, 0.05) is 44.2 Å². The Balaban J connectivity index is 1.81. The Morgan fingerprint density at radius 2 is 2.00 bits per heavy atom. The third-order valence-electron chi connectivity index (χ3n) is 4.84. The van der Waals surface area contributed by atoms with Crippen molar-refractivity contribution in [1.82, 2.24) is 9.78 Å². The summed E-state index contributed by atoms with van der Waals surface area (Å²) in [5.41, 5.74) is 1.54. The van der Waals surface area contributed by atoms with Gasteiger partial charge >= 0.3 is 0 Å². The van der Waals surface area contributed by atoms with Gasteiger partial charge in [0.15, 0.2) is 9.84 Å². The molecule has 140 valence electrons. The first-order chi connectivity index (χ1) is 12.3. The molecule has 0 unspecified atom stereocenters. The molecule has 1 fully saturated rings. The maximum atomic E-state index is 12.1. The second-order valence-electron chi connectivity index (χ2n) is 6.57. The maximum Gasteiger partial charge on any atom is 0.270 e. The molecule has 1 aliphatic heterocycles. The van der Waals surface area contributed by atoms with Crippen LogP contribution in [0, 0.1) is 10.1 Å². The van der Waals surface area contributed by atoms with Crippen molar-refractivity contribution in [3.63, 3.8) is 0 Å². The molecule has 26 heavy (non-hydrogen) atoms.